The van der Waals surface area contributed by atoms with Crippen LogP contribution in [0, 0.1) is 0 Å². The van der Waals surface area contributed by atoms with Crippen LogP contribution in [0.1, 0.15) is 0 Å². The highest BCUT2D eigenvalue weighted by molar-refractivity contribution is 5.85. The summed E-state index contributed by atoms with van der Waals surface area (Å²) in [5.74, 6) is 0. The molecule has 0 saturated heterocycles. The number of hydrogen-bond donors (Lipinski definition) is 2. The molecule has 2 heteroatoms. The van der Waals surface area contributed by atoms with Gasteiger partial charge >= 0.3 is 0 Å². The zero-order valence-electron chi connectivity index (χ0n) is 7.62. The summed E-state index contributed by atoms with van der Waals surface area (Å²) in [6.45, 7) is 0. The first kappa shape index (κ1) is 7.44. The van der Waals surface area contributed by atoms with Crippen LogP contribution in [0.4, 0.5) is 0 Å². The highest BCUT2D eigenvalue weighted by Crippen LogP contribution is 2.22. The van der Waals surface area contributed by atoms with Crippen LogP contribution in [0.5, 0.6) is 0 Å². The summed E-state index contributed by atoms with van der Waals surface area (Å²) in [6, 6.07) is 14.5. The number of fused-ring (bicyclic) bond motifs is 1. The first-order chi connectivity index (χ1) is 6.93. The third-order valence-corrected chi connectivity index (χ3v) is 2.42. The molecule has 0 saturated carbocycles. The number of benzene rings is 1. The number of aromatic amines is 2. The lowest BCUT2D eigenvalue weighted by Crippen LogP contribution is -1.74. The topological polar surface area (TPSA) is 31.6 Å². The molecule has 0 unspecified atom stereocenters. The van der Waals surface area contributed by atoms with Crippen molar-refractivity contribution in [3.63, 3.8) is 0 Å². The van der Waals surface area contributed by atoms with Gasteiger partial charge in [-0.1, -0.05) is 18.2 Å². The molecule has 2 heterocycles. The smallest absolute Gasteiger partial charge is 0.0630 e. The fourth-order valence-corrected chi connectivity index (χ4v) is 1.72. The van der Waals surface area contributed by atoms with Gasteiger partial charge in [0, 0.05) is 17.1 Å². The van der Waals surface area contributed by atoms with E-state index < -0.39 is 0 Å². The van der Waals surface area contributed by atoms with Crippen LogP contribution in [0.15, 0.2) is 48.7 Å². The lowest BCUT2D eigenvalue weighted by molar-refractivity contribution is 1.35. The zero-order valence-corrected chi connectivity index (χ0v) is 7.62. The van der Waals surface area contributed by atoms with Crippen molar-refractivity contribution in [2.45, 2.75) is 0 Å². The summed E-state index contributed by atoms with van der Waals surface area (Å²) in [5.41, 5.74) is 3.44. The van der Waals surface area contributed by atoms with Gasteiger partial charge in [0.25, 0.3) is 0 Å². The van der Waals surface area contributed by atoms with Gasteiger partial charge in [-0.2, -0.15) is 0 Å². The van der Waals surface area contributed by atoms with Crippen molar-refractivity contribution >= 4 is 10.9 Å². The Labute approximate surface area is 81.6 Å². The molecule has 0 amide bonds. The fraction of sp³-hybridized carbons (Fsp3) is 0. The van der Waals surface area contributed by atoms with Crippen LogP contribution in [-0.4, -0.2) is 9.97 Å². The van der Waals surface area contributed by atoms with Crippen LogP contribution in [0.25, 0.3) is 22.3 Å². The monoisotopic (exact) mass is 182 g/mol. The Balaban J connectivity index is 2.24. The third-order valence-electron chi connectivity index (χ3n) is 2.42. The van der Waals surface area contributed by atoms with Crippen molar-refractivity contribution in [1.82, 2.24) is 9.97 Å². The molecule has 3 rings (SSSR count). The Morgan fingerprint density at radius 3 is 2.57 bits per heavy atom. The molecule has 0 atom stereocenters. The van der Waals surface area contributed by atoms with Crippen molar-refractivity contribution in [3.8, 4) is 11.4 Å². The first-order valence-electron chi connectivity index (χ1n) is 4.65. The second kappa shape index (κ2) is 2.77. The number of nitrogens with one attached hydrogen (secondary N) is 2. The molecule has 0 aliphatic rings. The number of hydrogen-bond acceptors (Lipinski definition) is 0. The summed E-state index contributed by atoms with van der Waals surface area (Å²) < 4.78 is 0. The molecule has 0 bridgehead atoms. The Morgan fingerprint density at radius 1 is 0.857 bits per heavy atom. The van der Waals surface area contributed by atoms with Crippen molar-refractivity contribution in [2.24, 2.45) is 0 Å². The average molecular weight is 182 g/mol. The van der Waals surface area contributed by atoms with E-state index >= 15 is 0 Å². The second-order valence-corrected chi connectivity index (χ2v) is 3.35. The van der Waals surface area contributed by atoms with Gasteiger partial charge in [-0.15, -0.1) is 0 Å². The van der Waals surface area contributed by atoms with E-state index in [-0.39, 0.29) is 0 Å². The largest absolute Gasteiger partial charge is 0.360 e. The molecule has 0 aliphatic heterocycles. The van der Waals surface area contributed by atoms with Gasteiger partial charge in [0.15, 0.2) is 0 Å². The summed E-state index contributed by atoms with van der Waals surface area (Å²) in [5, 5.41) is 1.25. The maximum absolute atomic E-state index is 3.37. The summed E-state index contributed by atoms with van der Waals surface area (Å²) in [4.78, 5) is 6.55. The number of H-pyrrole nitrogens is 2. The molecule has 1 aromatic carbocycles. The van der Waals surface area contributed by atoms with Crippen molar-refractivity contribution < 1.29 is 0 Å². The highest BCUT2D eigenvalue weighted by Gasteiger charge is 2.01. The van der Waals surface area contributed by atoms with Crippen LogP contribution in [0.3, 0.4) is 0 Å². The van der Waals surface area contributed by atoms with Crippen LogP contribution < -0.4 is 0 Å². The molecule has 0 spiro atoms. The summed E-state index contributed by atoms with van der Waals surface area (Å²) in [6.07, 6.45) is 1.93. The standard InChI is InChI=1S/C12H10N2/c1-2-5-10-9(4-1)8-12(14-10)11-6-3-7-13-11/h1-8,13-14H. The maximum Gasteiger partial charge on any atom is 0.0630 e. The van der Waals surface area contributed by atoms with E-state index in [1.807, 2.05) is 18.3 Å². The van der Waals surface area contributed by atoms with E-state index in [1.165, 1.54) is 10.9 Å². The fourth-order valence-electron chi connectivity index (χ4n) is 1.72. The molecule has 2 nitrogen and oxygen atoms in total. The van der Waals surface area contributed by atoms with Gasteiger partial charge in [0.05, 0.1) is 11.4 Å². The van der Waals surface area contributed by atoms with E-state index in [4.69, 9.17) is 0 Å². The van der Waals surface area contributed by atoms with Gasteiger partial charge < -0.3 is 9.97 Å². The predicted octanol–water partition coefficient (Wildman–Crippen LogP) is 3.16. The van der Waals surface area contributed by atoms with Gasteiger partial charge in [-0.25, -0.2) is 0 Å². The number of para-hydroxylation sites is 1. The Bertz CT molecular complexity index is 513. The van der Waals surface area contributed by atoms with Gasteiger partial charge in [-0.3, -0.25) is 0 Å². The average Bonchev–Trinajstić information content (AvgIpc) is 2.86. The molecule has 0 radical (unpaired) electrons. The van der Waals surface area contributed by atoms with E-state index in [1.54, 1.807) is 0 Å². The van der Waals surface area contributed by atoms with E-state index in [2.05, 4.69) is 40.3 Å². The van der Waals surface area contributed by atoms with Gasteiger partial charge in [-0.05, 0) is 24.3 Å². The molecule has 14 heavy (non-hydrogen) atoms. The van der Waals surface area contributed by atoms with Gasteiger partial charge in [0.2, 0.25) is 0 Å². The van der Waals surface area contributed by atoms with Crippen LogP contribution in [0.2, 0.25) is 0 Å². The molecule has 68 valence electrons. The van der Waals surface area contributed by atoms with Crippen LogP contribution in [-0.2, 0) is 0 Å². The van der Waals surface area contributed by atoms with Crippen molar-refractivity contribution in [1.29, 1.82) is 0 Å². The van der Waals surface area contributed by atoms with Gasteiger partial charge in [0.1, 0.15) is 0 Å². The van der Waals surface area contributed by atoms with Crippen LogP contribution >= 0.6 is 0 Å². The zero-order chi connectivity index (χ0) is 9.38. The quantitative estimate of drug-likeness (QED) is 0.579. The van der Waals surface area contributed by atoms with E-state index in [9.17, 15) is 0 Å². The number of aromatic nitrogens is 2. The summed E-state index contributed by atoms with van der Waals surface area (Å²) >= 11 is 0. The normalized spacial score (nSPS) is 10.9. The highest BCUT2D eigenvalue weighted by atomic mass is 14.8. The minimum absolute atomic E-state index is 1.13. The molecule has 3 aromatic rings. The minimum atomic E-state index is 1.13. The molecule has 2 aromatic heterocycles. The molecule has 0 fully saturated rings. The van der Waals surface area contributed by atoms with Crippen molar-refractivity contribution in [2.75, 3.05) is 0 Å². The third kappa shape index (κ3) is 1.04. The Morgan fingerprint density at radius 2 is 1.79 bits per heavy atom. The van der Waals surface area contributed by atoms with E-state index in [0.717, 1.165) is 11.4 Å². The lowest BCUT2D eigenvalue weighted by Gasteiger charge is -1.89. The maximum atomic E-state index is 3.37. The SMILES string of the molecule is c1c[nH]c(-c2cc3ccccc3[nH]2)c1. The second-order valence-electron chi connectivity index (χ2n) is 3.35. The number of rotatable bonds is 1. The molecular formula is C12H10N2. The molecule has 0 aliphatic carbocycles. The van der Waals surface area contributed by atoms with E-state index in [0.29, 0.717) is 0 Å². The Hall–Kier alpha value is -1.96. The first-order valence-corrected chi connectivity index (χ1v) is 4.65. The van der Waals surface area contributed by atoms with Crippen molar-refractivity contribution in [3.05, 3.63) is 48.7 Å². The molecule has 2 N–H and O–H groups in total. The Kier molecular flexibility index (Phi) is 1.47. The predicted molar refractivity (Wildman–Crippen MR) is 58.1 cm³/mol. The lowest BCUT2D eigenvalue weighted by atomic mass is 10.2. The minimum Gasteiger partial charge on any atom is -0.360 e. The summed E-state index contributed by atoms with van der Waals surface area (Å²) in [7, 11) is 0. The molecular weight excluding hydrogens is 172 g/mol.